The lowest BCUT2D eigenvalue weighted by molar-refractivity contribution is 0.242. The molecule has 21 heavy (non-hydrogen) atoms. The van der Waals surface area contributed by atoms with Crippen molar-refractivity contribution in [2.24, 2.45) is 0 Å². The highest BCUT2D eigenvalue weighted by Crippen LogP contribution is 2.23. The van der Waals surface area contributed by atoms with E-state index in [4.69, 9.17) is 11.6 Å². The highest BCUT2D eigenvalue weighted by atomic mass is 35.5. The Morgan fingerprint density at radius 1 is 1.52 bits per heavy atom. The highest BCUT2D eigenvalue weighted by Gasteiger charge is 2.24. The minimum atomic E-state index is -3.59. The van der Waals surface area contributed by atoms with Gasteiger partial charge in [-0.1, -0.05) is 11.6 Å². The SMILES string of the molecule is CCNc1ncc(S(=O)(=O)NC2CCCN(C)C2)cc1Cl. The Balaban J connectivity index is 2.13. The first kappa shape index (κ1) is 16.5. The molecule has 0 bridgehead atoms. The zero-order valence-electron chi connectivity index (χ0n) is 12.3. The number of pyridine rings is 1. The van der Waals surface area contributed by atoms with Crippen LogP contribution in [-0.4, -0.2) is 51.0 Å². The summed E-state index contributed by atoms with van der Waals surface area (Å²) in [6.45, 7) is 4.31. The summed E-state index contributed by atoms with van der Waals surface area (Å²) >= 11 is 6.05. The summed E-state index contributed by atoms with van der Waals surface area (Å²) in [5, 5.41) is 3.28. The summed E-state index contributed by atoms with van der Waals surface area (Å²) in [7, 11) is -1.60. The minimum absolute atomic E-state index is 0.0685. The summed E-state index contributed by atoms with van der Waals surface area (Å²) < 4.78 is 27.5. The second-order valence-corrected chi connectivity index (χ2v) is 7.38. The van der Waals surface area contributed by atoms with Crippen LogP contribution in [0.25, 0.3) is 0 Å². The Morgan fingerprint density at radius 2 is 2.29 bits per heavy atom. The number of likely N-dealkylation sites (N-methyl/N-ethyl adjacent to an activating group) is 1. The third-order valence-electron chi connectivity index (χ3n) is 3.42. The van der Waals surface area contributed by atoms with E-state index in [1.807, 2.05) is 14.0 Å². The van der Waals surface area contributed by atoms with Crippen molar-refractivity contribution in [2.45, 2.75) is 30.7 Å². The predicted octanol–water partition coefficient (Wildman–Crippen LogP) is 1.54. The number of anilines is 1. The first-order chi connectivity index (χ1) is 9.92. The number of nitrogens with one attached hydrogen (secondary N) is 2. The number of hydrogen-bond acceptors (Lipinski definition) is 5. The van der Waals surface area contributed by atoms with Crippen LogP contribution in [-0.2, 0) is 10.0 Å². The largest absolute Gasteiger partial charge is 0.369 e. The van der Waals surface area contributed by atoms with E-state index in [2.05, 4.69) is 19.9 Å². The second-order valence-electron chi connectivity index (χ2n) is 5.25. The maximum Gasteiger partial charge on any atom is 0.242 e. The van der Waals surface area contributed by atoms with Crippen LogP contribution < -0.4 is 10.0 Å². The Hall–Kier alpha value is -0.890. The molecular weight excluding hydrogens is 312 g/mol. The van der Waals surface area contributed by atoms with Crippen LogP contribution in [0.15, 0.2) is 17.2 Å². The fourth-order valence-corrected chi connectivity index (χ4v) is 3.94. The van der Waals surface area contributed by atoms with Gasteiger partial charge in [0.1, 0.15) is 10.7 Å². The maximum absolute atomic E-state index is 12.4. The van der Waals surface area contributed by atoms with Crippen LogP contribution in [0.3, 0.4) is 0 Å². The quantitative estimate of drug-likeness (QED) is 0.855. The van der Waals surface area contributed by atoms with E-state index in [0.29, 0.717) is 17.4 Å². The van der Waals surface area contributed by atoms with Crippen LogP contribution in [0.5, 0.6) is 0 Å². The van der Waals surface area contributed by atoms with Crippen molar-refractivity contribution in [3.63, 3.8) is 0 Å². The molecule has 1 unspecified atom stereocenters. The van der Waals surface area contributed by atoms with Crippen LogP contribution in [0.4, 0.5) is 5.82 Å². The Labute approximate surface area is 130 Å². The molecule has 0 spiro atoms. The van der Waals surface area contributed by atoms with E-state index in [1.165, 1.54) is 12.3 Å². The number of hydrogen-bond donors (Lipinski definition) is 2. The molecule has 0 aliphatic carbocycles. The molecule has 2 N–H and O–H groups in total. The Bertz CT molecular complexity index is 594. The standard InChI is InChI=1S/C13H21ClN4O2S/c1-3-15-13-12(14)7-11(8-16-13)21(19,20)17-10-5-4-6-18(2)9-10/h7-8,10,17H,3-6,9H2,1-2H3,(H,15,16). The van der Waals surface area contributed by atoms with Crippen molar-refractivity contribution < 1.29 is 8.42 Å². The lowest BCUT2D eigenvalue weighted by atomic mass is 10.1. The van der Waals surface area contributed by atoms with E-state index in [1.54, 1.807) is 0 Å². The maximum atomic E-state index is 12.4. The van der Waals surface area contributed by atoms with E-state index < -0.39 is 10.0 Å². The molecule has 118 valence electrons. The third kappa shape index (κ3) is 4.29. The van der Waals surface area contributed by atoms with Crippen molar-refractivity contribution in [1.29, 1.82) is 0 Å². The van der Waals surface area contributed by atoms with Crippen molar-refractivity contribution >= 4 is 27.4 Å². The molecule has 1 aliphatic heterocycles. The van der Waals surface area contributed by atoms with Gasteiger partial charge in [-0.2, -0.15) is 0 Å². The fourth-order valence-electron chi connectivity index (χ4n) is 2.41. The Kier molecular flexibility index (Phi) is 5.43. The van der Waals surface area contributed by atoms with Gasteiger partial charge in [0.15, 0.2) is 0 Å². The topological polar surface area (TPSA) is 74.3 Å². The molecule has 1 fully saturated rings. The first-order valence-electron chi connectivity index (χ1n) is 7.02. The van der Waals surface area contributed by atoms with Crippen LogP contribution in [0.2, 0.25) is 5.02 Å². The molecule has 1 atom stereocenters. The van der Waals surface area contributed by atoms with Crippen molar-refractivity contribution in [3.05, 3.63) is 17.3 Å². The van der Waals surface area contributed by atoms with Gasteiger partial charge in [-0.05, 0) is 39.4 Å². The zero-order chi connectivity index (χ0) is 15.5. The lowest BCUT2D eigenvalue weighted by Crippen LogP contribution is -2.46. The van der Waals surface area contributed by atoms with Crippen molar-refractivity contribution in [1.82, 2.24) is 14.6 Å². The van der Waals surface area contributed by atoms with Crippen LogP contribution in [0.1, 0.15) is 19.8 Å². The molecule has 6 nitrogen and oxygen atoms in total. The summed E-state index contributed by atoms with van der Waals surface area (Å²) in [5.41, 5.74) is 0. The number of sulfonamides is 1. The van der Waals surface area contributed by atoms with Gasteiger partial charge in [-0.3, -0.25) is 0 Å². The summed E-state index contributed by atoms with van der Waals surface area (Å²) in [5.74, 6) is 0.496. The smallest absolute Gasteiger partial charge is 0.242 e. The molecular formula is C13H21ClN4O2S. The fraction of sp³-hybridized carbons (Fsp3) is 0.615. The zero-order valence-corrected chi connectivity index (χ0v) is 13.8. The number of nitrogens with zero attached hydrogens (tertiary/aromatic N) is 2. The highest BCUT2D eigenvalue weighted by molar-refractivity contribution is 7.89. The van der Waals surface area contributed by atoms with Gasteiger partial charge < -0.3 is 10.2 Å². The number of rotatable bonds is 5. The third-order valence-corrected chi connectivity index (χ3v) is 5.19. The van der Waals surface area contributed by atoms with E-state index in [9.17, 15) is 8.42 Å². The number of likely N-dealkylation sites (tertiary alicyclic amines) is 1. The van der Waals surface area contributed by atoms with Gasteiger partial charge >= 0.3 is 0 Å². The van der Waals surface area contributed by atoms with Crippen molar-refractivity contribution in [3.8, 4) is 0 Å². The average Bonchev–Trinajstić information content (AvgIpc) is 2.40. The summed E-state index contributed by atoms with van der Waals surface area (Å²) in [4.78, 5) is 6.29. The van der Waals surface area contributed by atoms with Crippen LogP contribution >= 0.6 is 11.6 Å². The molecule has 1 aromatic rings. The van der Waals surface area contributed by atoms with E-state index in [0.717, 1.165) is 25.9 Å². The van der Waals surface area contributed by atoms with Crippen LogP contribution in [0, 0.1) is 0 Å². The number of halogens is 1. The molecule has 2 rings (SSSR count). The molecule has 0 saturated carbocycles. The van der Waals surface area contributed by atoms with Gasteiger partial charge in [-0.15, -0.1) is 0 Å². The first-order valence-corrected chi connectivity index (χ1v) is 8.89. The number of piperidine rings is 1. The molecule has 1 aliphatic rings. The molecule has 1 aromatic heterocycles. The monoisotopic (exact) mass is 332 g/mol. The van der Waals surface area contributed by atoms with Gasteiger partial charge in [0, 0.05) is 25.3 Å². The lowest BCUT2D eigenvalue weighted by Gasteiger charge is -2.29. The Morgan fingerprint density at radius 3 is 2.90 bits per heavy atom. The average molecular weight is 333 g/mol. The molecule has 8 heteroatoms. The van der Waals surface area contributed by atoms with Gasteiger partial charge in [0.05, 0.1) is 5.02 Å². The minimum Gasteiger partial charge on any atom is -0.369 e. The molecule has 0 amide bonds. The normalized spacial score (nSPS) is 20.4. The second kappa shape index (κ2) is 6.91. The predicted molar refractivity (Wildman–Crippen MR) is 84.3 cm³/mol. The molecule has 0 aromatic carbocycles. The molecule has 1 saturated heterocycles. The van der Waals surface area contributed by atoms with E-state index in [-0.39, 0.29) is 10.9 Å². The van der Waals surface area contributed by atoms with E-state index >= 15 is 0 Å². The van der Waals surface area contributed by atoms with Gasteiger partial charge in [0.2, 0.25) is 10.0 Å². The van der Waals surface area contributed by atoms with Crippen molar-refractivity contribution in [2.75, 3.05) is 32.0 Å². The molecule has 0 radical (unpaired) electrons. The molecule has 2 heterocycles. The number of aromatic nitrogens is 1. The van der Waals surface area contributed by atoms with Gasteiger partial charge in [0.25, 0.3) is 0 Å². The summed E-state index contributed by atoms with van der Waals surface area (Å²) in [6, 6.07) is 1.36. The summed E-state index contributed by atoms with van der Waals surface area (Å²) in [6.07, 6.45) is 3.17. The van der Waals surface area contributed by atoms with Gasteiger partial charge in [-0.25, -0.2) is 18.1 Å².